The van der Waals surface area contributed by atoms with Crippen molar-refractivity contribution in [3.63, 3.8) is 0 Å². The number of likely N-dealkylation sites (tertiary alicyclic amines) is 1. The number of hydrogen-bond donors (Lipinski definition) is 3. The number of pyridine rings is 1. The van der Waals surface area contributed by atoms with E-state index < -0.39 is 23.6 Å². The number of benzene rings is 2. The van der Waals surface area contributed by atoms with E-state index in [-0.39, 0.29) is 36.1 Å². The lowest BCUT2D eigenvalue weighted by Crippen LogP contribution is -2.35. The molecule has 0 unspecified atom stereocenters. The third kappa shape index (κ3) is 8.61. The van der Waals surface area contributed by atoms with Crippen molar-refractivity contribution in [1.29, 1.82) is 0 Å². The molecule has 0 aliphatic carbocycles. The van der Waals surface area contributed by atoms with Crippen molar-refractivity contribution >= 4 is 23.5 Å². The first-order valence-electron chi connectivity index (χ1n) is 12.6. The van der Waals surface area contributed by atoms with Crippen molar-refractivity contribution in [3.05, 3.63) is 83.7 Å². The molecule has 0 bridgehead atoms. The summed E-state index contributed by atoms with van der Waals surface area (Å²) < 4.78 is 33.4. The number of ether oxygens (including phenoxy) is 1. The molecule has 40 heavy (non-hydrogen) atoms. The van der Waals surface area contributed by atoms with Crippen LogP contribution in [0.1, 0.15) is 24.0 Å². The number of urea groups is 1. The van der Waals surface area contributed by atoms with E-state index in [1.54, 1.807) is 0 Å². The first kappa shape index (κ1) is 28.2. The minimum absolute atomic E-state index is 0.0938. The van der Waals surface area contributed by atoms with Gasteiger partial charge in [-0.1, -0.05) is 24.0 Å². The van der Waals surface area contributed by atoms with Crippen LogP contribution >= 0.6 is 0 Å². The van der Waals surface area contributed by atoms with Gasteiger partial charge in [0.2, 0.25) is 11.8 Å². The molecular formula is C29H27F2N5O4. The van der Waals surface area contributed by atoms with Gasteiger partial charge in [0.1, 0.15) is 11.6 Å². The lowest BCUT2D eigenvalue weighted by Gasteiger charge is -2.12. The van der Waals surface area contributed by atoms with Crippen LogP contribution in [0.4, 0.5) is 19.3 Å². The van der Waals surface area contributed by atoms with Crippen molar-refractivity contribution in [2.45, 2.75) is 19.3 Å². The Morgan fingerprint density at radius 1 is 0.975 bits per heavy atom. The van der Waals surface area contributed by atoms with Crippen molar-refractivity contribution < 1.29 is 27.9 Å². The van der Waals surface area contributed by atoms with Gasteiger partial charge >= 0.3 is 6.03 Å². The summed E-state index contributed by atoms with van der Waals surface area (Å²) in [6, 6.07) is 9.76. The molecule has 11 heteroatoms. The number of nitrogens with zero attached hydrogens (tertiary/aromatic N) is 2. The largest absolute Gasteiger partial charge is 0.453 e. The average Bonchev–Trinajstić information content (AvgIpc) is 3.43. The number of rotatable bonds is 8. The number of amides is 4. The minimum Gasteiger partial charge on any atom is -0.453 e. The Labute approximate surface area is 229 Å². The number of carbonyl (C=O) groups is 3. The summed E-state index contributed by atoms with van der Waals surface area (Å²) in [5.74, 6) is 3.96. The molecule has 1 aliphatic rings. The number of anilines is 1. The van der Waals surface area contributed by atoms with Crippen LogP contribution in [0.3, 0.4) is 0 Å². The molecule has 4 amide bonds. The smallest absolute Gasteiger partial charge is 0.325 e. The van der Waals surface area contributed by atoms with Crippen LogP contribution < -0.4 is 20.7 Å². The van der Waals surface area contributed by atoms with E-state index in [2.05, 4.69) is 37.7 Å². The van der Waals surface area contributed by atoms with Crippen LogP contribution in [0, 0.1) is 23.5 Å². The van der Waals surface area contributed by atoms with E-state index in [0.717, 1.165) is 32.0 Å². The lowest BCUT2D eigenvalue weighted by molar-refractivity contribution is -0.122. The molecule has 1 aromatic heterocycles. The highest BCUT2D eigenvalue weighted by atomic mass is 19.1. The SMILES string of the molecule is O=C(CN1CCCC1)NCC#Cc1cnccc1Oc1ccc(NC(=O)NC(=O)Cc2ccc(F)cc2)cc1F. The maximum atomic E-state index is 14.8. The summed E-state index contributed by atoms with van der Waals surface area (Å²) in [4.78, 5) is 42.3. The predicted octanol–water partition coefficient (Wildman–Crippen LogP) is 3.61. The maximum absolute atomic E-state index is 14.8. The van der Waals surface area contributed by atoms with E-state index in [0.29, 0.717) is 17.7 Å². The Morgan fingerprint density at radius 3 is 2.50 bits per heavy atom. The number of nitrogens with one attached hydrogen (secondary N) is 3. The Morgan fingerprint density at radius 2 is 1.75 bits per heavy atom. The van der Waals surface area contributed by atoms with E-state index in [1.807, 2.05) is 0 Å². The molecule has 206 valence electrons. The van der Waals surface area contributed by atoms with Gasteiger partial charge in [0, 0.05) is 30.2 Å². The minimum atomic E-state index is -0.848. The number of aromatic nitrogens is 1. The molecule has 9 nitrogen and oxygen atoms in total. The van der Waals surface area contributed by atoms with Gasteiger partial charge in [0.05, 0.1) is 25.1 Å². The second-order valence-electron chi connectivity index (χ2n) is 8.99. The monoisotopic (exact) mass is 547 g/mol. The molecule has 1 fully saturated rings. The maximum Gasteiger partial charge on any atom is 0.325 e. The van der Waals surface area contributed by atoms with Gasteiger partial charge < -0.3 is 15.4 Å². The predicted molar refractivity (Wildman–Crippen MR) is 144 cm³/mol. The third-order valence-electron chi connectivity index (χ3n) is 5.88. The Balaban J connectivity index is 1.29. The second kappa shape index (κ2) is 13.8. The molecule has 0 saturated carbocycles. The van der Waals surface area contributed by atoms with Crippen molar-refractivity contribution in [2.24, 2.45) is 0 Å². The summed E-state index contributed by atoms with van der Waals surface area (Å²) in [6.45, 7) is 2.34. The molecular weight excluding hydrogens is 520 g/mol. The molecule has 1 saturated heterocycles. The number of halogens is 2. The van der Waals surface area contributed by atoms with Gasteiger partial charge in [-0.15, -0.1) is 0 Å². The summed E-state index contributed by atoms with van der Waals surface area (Å²) in [5.41, 5.74) is 1.02. The van der Waals surface area contributed by atoms with Gasteiger partial charge in [-0.2, -0.15) is 0 Å². The van der Waals surface area contributed by atoms with E-state index in [1.165, 1.54) is 54.9 Å². The number of imide groups is 1. The van der Waals surface area contributed by atoms with Gasteiger partial charge in [-0.25, -0.2) is 13.6 Å². The fourth-order valence-electron chi connectivity index (χ4n) is 3.95. The zero-order valence-electron chi connectivity index (χ0n) is 21.5. The summed E-state index contributed by atoms with van der Waals surface area (Å²) in [6.07, 6.45) is 5.02. The van der Waals surface area contributed by atoms with Gasteiger partial charge in [-0.3, -0.25) is 24.8 Å². The molecule has 4 rings (SSSR count). The number of carbonyl (C=O) groups excluding carboxylic acids is 3. The summed E-state index contributed by atoms with van der Waals surface area (Å²) in [5, 5.41) is 7.27. The topological polar surface area (TPSA) is 113 Å². The van der Waals surface area contributed by atoms with Gasteiger partial charge in [0.25, 0.3) is 0 Å². The average molecular weight is 548 g/mol. The van der Waals surface area contributed by atoms with Crippen molar-refractivity contribution in [3.8, 4) is 23.3 Å². The van der Waals surface area contributed by atoms with E-state index >= 15 is 0 Å². The van der Waals surface area contributed by atoms with Crippen LogP contribution in [0.15, 0.2) is 60.9 Å². The Kier molecular flexibility index (Phi) is 9.74. The van der Waals surface area contributed by atoms with E-state index in [9.17, 15) is 23.2 Å². The molecule has 2 aromatic carbocycles. The zero-order chi connectivity index (χ0) is 28.3. The van der Waals surface area contributed by atoms with Crippen molar-refractivity contribution in [1.82, 2.24) is 20.5 Å². The summed E-state index contributed by atoms with van der Waals surface area (Å²) in [7, 11) is 0. The first-order chi connectivity index (χ1) is 19.4. The molecule has 0 atom stereocenters. The fourth-order valence-corrected chi connectivity index (χ4v) is 3.95. The quantitative estimate of drug-likeness (QED) is 0.372. The molecule has 3 N–H and O–H groups in total. The first-order valence-corrected chi connectivity index (χ1v) is 12.6. The summed E-state index contributed by atoms with van der Waals surface area (Å²) >= 11 is 0. The molecule has 3 aromatic rings. The van der Waals surface area contributed by atoms with Crippen LogP contribution in [0.5, 0.6) is 11.5 Å². The highest BCUT2D eigenvalue weighted by molar-refractivity contribution is 6.01. The van der Waals surface area contributed by atoms with Crippen LogP contribution in [-0.4, -0.2) is 53.9 Å². The molecule has 1 aliphatic heterocycles. The Hall–Kier alpha value is -4.82. The highest BCUT2D eigenvalue weighted by Crippen LogP contribution is 2.28. The standard InChI is InChI=1S/C29H27F2N5O4/c30-22-7-5-20(6-8-22)16-27(37)35-29(39)34-23-9-10-26(24(31)17-23)40-25-11-13-32-18-21(25)4-3-12-33-28(38)19-36-14-1-2-15-36/h5-11,13,17-18H,1-2,12,14-16,19H2,(H,33,38)(H2,34,35,37,39). The zero-order valence-corrected chi connectivity index (χ0v) is 21.5. The van der Waals surface area contributed by atoms with Crippen molar-refractivity contribution in [2.75, 3.05) is 31.5 Å². The van der Waals surface area contributed by atoms with Crippen LogP contribution in [0.25, 0.3) is 0 Å². The van der Waals surface area contributed by atoms with Crippen LogP contribution in [-0.2, 0) is 16.0 Å². The van der Waals surface area contributed by atoms with E-state index in [4.69, 9.17) is 4.74 Å². The van der Waals surface area contributed by atoms with Gasteiger partial charge in [0.15, 0.2) is 11.6 Å². The Bertz CT molecular complexity index is 1430. The molecule has 0 spiro atoms. The normalized spacial score (nSPS) is 12.7. The second-order valence-corrected chi connectivity index (χ2v) is 8.99. The number of hydrogen-bond acceptors (Lipinski definition) is 6. The van der Waals surface area contributed by atoms with Gasteiger partial charge in [-0.05, 0) is 55.8 Å². The highest BCUT2D eigenvalue weighted by Gasteiger charge is 2.15. The molecule has 2 heterocycles. The fraction of sp³-hybridized carbons (Fsp3) is 0.241. The third-order valence-corrected chi connectivity index (χ3v) is 5.88. The molecule has 0 radical (unpaired) electrons. The lowest BCUT2D eigenvalue weighted by atomic mass is 10.1. The van der Waals surface area contributed by atoms with Crippen LogP contribution in [0.2, 0.25) is 0 Å².